The van der Waals surface area contributed by atoms with Gasteiger partial charge < -0.3 is 4.18 Å². The standard InChI is InChI=1S/C18H15NO4S2/c20-24(21,17-12-6-2-7-13-17)19-25(22,18-14-8-3-9-15-18)23-16-10-4-1-5-11-16/h1-15H. The first-order chi connectivity index (χ1) is 12.0. The smallest absolute Gasteiger partial charge is 0.292 e. The van der Waals surface area contributed by atoms with Gasteiger partial charge in [-0.05, 0) is 36.4 Å². The summed E-state index contributed by atoms with van der Waals surface area (Å²) < 4.78 is 47.7. The molecular formula is C18H15NO4S2. The second-order valence-corrected chi connectivity index (χ2v) is 8.65. The van der Waals surface area contributed by atoms with Gasteiger partial charge in [0.25, 0.3) is 20.0 Å². The molecule has 0 aliphatic rings. The lowest BCUT2D eigenvalue weighted by atomic mass is 10.3. The number of nitrogens with zero attached hydrogens (tertiary/aromatic N) is 1. The Morgan fingerprint density at radius 2 is 1.04 bits per heavy atom. The van der Waals surface area contributed by atoms with E-state index in [1.54, 1.807) is 66.7 Å². The van der Waals surface area contributed by atoms with Crippen molar-refractivity contribution in [2.75, 3.05) is 0 Å². The van der Waals surface area contributed by atoms with Crippen molar-refractivity contribution < 1.29 is 16.8 Å². The summed E-state index contributed by atoms with van der Waals surface area (Å²) >= 11 is 0. The molecule has 1 unspecified atom stereocenters. The van der Waals surface area contributed by atoms with E-state index in [9.17, 15) is 12.6 Å². The number of para-hydroxylation sites is 1. The monoisotopic (exact) mass is 373 g/mol. The lowest BCUT2D eigenvalue weighted by molar-refractivity contribution is 0.549. The van der Waals surface area contributed by atoms with Crippen LogP contribution in [0.3, 0.4) is 0 Å². The van der Waals surface area contributed by atoms with E-state index in [2.05, 4.69) is 3.77 Å². The number of sulfonamides is 1. The van der Waals surface area contributed by atoms with Crippen LogP contribution in [-0.2, 0) is 20.0 Å². The van der Waals surface area contributed by atoms with Gasteiger partial charge in [0.05, 0.1) is 9.79 Å². The van der Waals surface area contributed by atoms with Gasteiger partial charge in [-0.2, -0.15) is 8.42 Å². The molecule has 0 aliphatic carbocycles. The highest BCUT2D eigenvalue weighted by Gasteiger charge is 2.22. The molecule has 0 heterocycles. The zero-order valence-corrected chi connectivity index (χ0v) is 14.7. The Labute approximate surface area is 147 Å². The molecule has 0 spiro atoms. The first-order valence-corrected chi connectivity index (χ1v) is 10.3. The molecule has 0 saturated carbocycles. The molecule has 0 fully saturated rings. The second-order valence-electron chi connectivity index (χ2n) is 5.05. The van der Waals surface area contributed by atoms with Crippen LogP contribution in [0, 0.1) is 0 Å². The summed E-state index contributed by atoms with van der Waals surface area (Å²) in [5.41, 5.74) is 0. The molecule has 3 aromatic rings. The molecule has 3 rings (SSSR count). The highest BCUT2D eigenvalue weighted by Crippen LogP contribution is 2.23. The Morgan fingerprint density at radius 1 is 0.600 bits per heavy atom. The van der Waals surface area contributed by atoms with Crippen molar-refractivity contribution in [2.24, 2.45) is 3.77 Å². The predicted octanol–water partition coefficient (Wildman–Crippen LogP) is 3.90. The van der Waals surface area contributed by atoms with Crippen molar-refractivity contribution in [1.82, 2.24) is 0 Å². The topological polar surface area (TPSA) is 72.8 Å². The number of hydrogen-bond acceptors (Lipinski definition) is 4. The summed E-state index contributed by atoms with van der Waals surface area (Å²) in [6.07, 6.45) is 0. The second kappa shape index (κ2) is 7.08. The molecule has 0 N–H and O–H groups in total. The summed E-state index contributed by atoms with van der Waals surface area (Å²) in [5.74, 6) is 0.267. The Hall–Kier alpha value is -2.64. The minimum atomic E-state index is -4.16. The molecule has 25 heavy (non-hydrogen) atoms. The largest absolute Gasteiger partial charge is 0.392 e. The maximum atomic E-state index is 13.4. The zero-order chi connectivity index (χ0) is 17.8. The van der Waals surface area contributed by atoms with Crippen molar-refractivity contribution in [2.45, 2.75) is 9.79 Å². The van der Waals surface area contributed by atoms with E-state index in [-0.39, 0.29) is 15.5 Å². The van der Waals surface area contributed by atoms with Crippen LogP contribution in [0.1, 0.15) is 0 Å². The molecule has 5 nitrogen and oxygen atoms in total. The minimum Gasteiger partial charge on any atom is -0.392 e. The molecule has 0 aromatic heterocycles. The van der Waals surface area contributed by atoms with Crippen LogP contribution in [0.2, 0.25) is 0 Å². The highest BCUT2D eigenvalue weighted by molar-refractivity contribution is 8.01. The molecular weight excluding hydrogens is 358 g/mol. The molecule has 7 heteroatoms. The summed E-state index contributed by atoms with van der Waals surface area (Å²) in [7, 11) is -7.85. The maximum Gasteiger partial charge on any atom is 0.292 e. The summed E-state index contributed by atoms with van der Waals surface area (Å²) in [4.78, 5) is 0.133. The van der Waals surface area contributed by atoms with E-state index in [1.807, 2.05) is 0 Å². The Morgan fingerprint density at radius 3 is 1.56 bits per heavy atom. The Kier molecular flexibility index (Phi) is 4.87. The van der Waals surface area contributed by atoms with Crippen molar-refractivity contribution in [1.29, 1.82) is 0 Å². The molecule has 0 radical (unpaired) electrons. The van der Waals surface area contributed by atoms with Gasteiger partial charge in [0, 0.05) is 0 Å². The molecule has 0 saturated heterocycles. The van der Waals surface area contributed by atoms with Gasteiger partial charge in [0.2, 0.25) is 0 Å². The Bertz CT molecular complexity index is 1060. The quantitative estimate of drug-likeness (QED) is 0.680. The van der Waals surface area contributed by atoms with E-state index in [1.165, 1.54) is 24.3 Å². The minimum absolute atomic E-state index is 0.0460. The summed E-state index contributed by atoms with van der Waals surface area (Å²) in [6, 6.07) is 24.1. The zero-order valence-electron chi connectivity index (χ0n) is 13.1. The average molecular weight is 373 g/mol. The van der Waals surface area contributed by atoms with Crippen LogP contribution in [-0.4, -0.2) is 12.6 Å². The van der Waals surface area contributed by atoms with E-state index >= 15 is 0 Å². The van der Waals surface area contributed by atoms with E-state index < -0.39 is 20.0 Å². The van der Waals surface area contributed by atoms with E-state index in [4.69, 9.17) is 4.18 Å². The van der Waals surface area contributed by atoms with E-state index in [0.29, 0.717) is 0 Å². The maximum absolute atomic E-state index is 13.4. The summed E-state index contributed by atoms with van der Waals surface area (Å²) in [5, 5.41) is 0. The SMILES string of the molecule is O=S(=O)(N=S(=O)(Oc1ccccc1)c1ccccc1)c1ccccc1. The van der Waals surface area contributed by atoms with Crippen LogP contribution in [0.4, 0.5) is 0 Å². The van der Waals surface area contributed by atoms with Gasteiger partial charge in [-0.15, -0.1) is 0 Å². The molecule has 3 aromatic carbocycles. The van der Waals surface area contributed by atoms with Crippen molar-refractivity contribution >= 4 is 20.0 Å². The summed E-state index contributed by atoms with van der Waals surface area (Å²) in [6.45, 7) is 0. The fraction of sp³-hybridized carbons (Fsp3) is 0. The number of rotatable bonds is 5. The first-order valence-electron chi connectivity index (χ1n) is 7.38. The fourth-order valence-corrected chi connectivity index (χ4v) is 5.38. The molecule has 0 bridgehead atoms. The van der Waals surface area contributed by atoms with Crippen LogP contribution in [0.15, 0.2) is 105 Å². The first kappa shape index (κ1) is 17.2. The van der Waals surface area contributed by atoms with Crippen molar-refractivity contribution in [3.05, 3.63) is 91.0 Å². The number of hydrogen-bond donors (Lipinski definition) is 0. The van der Waals surface area contributed by atoms with Gasteiger partial charge in [-0.25, -0.2) is 4.21 Å². The third kappa shape index (κ3) is 4.07. The third-order valence-corrected chi connectivity index (χ3v) is 6.95. The van der Waals surface area contributed by atoms with Crippen LogP contribution < -0.4 is 4.18 Å². The van der Waals surface area contributed by atoms with Crippen LogP contribution >= 0.6 is 0 Å². The lowest BCUT2D eigenvalue weighted by Gasteiger charge is -2.12. The Balaban J connectivity index is 2.17. The van der Waals surface area contributed by atoms with Gasteiger partial charge in [0.1, 0.15) is 5.75 Å². The average Bonchev–Trinajstić information content (AvgIpc) is 2.63. The molecule has 128 valence electrons. The van der Waals surface area contributed by atoms with Crippen LogP contribution in [0.5, 0.6) is 5.75 Å². The molecule has 0 amide bonds. The van der Waals surface area contributed by atoms with Crippen molar-refractivity contribution in [3.63, 3.8) is 0 Å². The van der Waals surface area contributed by atoms with Crippen molar-refractivity contribution in [3.8, 4) is 5.75 Å². The third-order valence-electron chi connectivity index (χ3n) is 3.23. The molecule has 1 atom stereocenters. The van der Waals surface area contributed by atoms with Gasteiger partial charge >= 0.3 is 0 Å². The normalized spacial score (nSPS) is 13.6. The van der Waals surface area contributed by atoms with Gasteiger partial charge in [-0.3, -0.25) is 0 Å². The van der Waals surface area contributed by atoms with Crippen LogP contribution in [0.25, 0.3) is 0 Å². The lowest BCUT2D eigenvalue weighted by Crippen LogP contribution is -2.13. The predicted molar refractivity (Wildman–Crippen MR) is 96.0 cm³/mol. The van der Waals surface area contributed by atoms with Gasteiger partial charge in [-0.1, -0.05) is 58.4 Å². The fourth-order valence-electron chi connectivity index (χ4n) is 2.07. The molecule has 0 aliphatic heterocycles. The highest BCUT2D eigenvalue weighted by atomic mass is 32.3. The van der Waals surface area contributed by atoms with E-state index in [0.717, 1.165) is 0 Å². The van der Waals surface area contributed by atoms with Gasteiger partial charge in [0.15, 0.2) is 0 Å². The number of benzene rings is 3.